The van der Waals surface area contributed by atoms with E-state index in [1.165, 1.54) is 0 Å². The summed E-state index contributed by atoms with van der Waals surface area (Å²) < 4.78 is 72.3. The van der Waals surface area contributed by atoms with Gasteiger partial charge in [0.25, 0.3) is 9.84 Å². The third-order valence-corrected chi connectivity index (χ3v) is 3.00. The van der Waals surface area contributed by atoms with E-state index < -0.39 is 32.5 Å². The van der Waals surface area contributed by atoms with E-state index in [9.17, 15) is 30.8 Å². The molecule has 0 fully saturated rings. The first-order valence-corrected chi connectivity index (χ1v) is 4.80. The molecule has 1 N–H and O–H groups in total. The van der Waals surface area contributed by atoms with Gasteiger partial charge in [-0.25, -0.2) is 13.2 Å². The van der Waals surface area contributed by atoms with Gasteiger partial charge in [-0.05, 0) is 0 Å². The molecule has 0 heterocycles. The highest BCUT2D eigenvalue weighted by Crippen LogP contribution is 2.43. The summed E-state index contributed by atoms with van der Waals surface area (Å²) in [5.74, 6) is -9.34. The van der Waals surface area contributed by atoms with Crippen LogP contribution in [0.25, 0.3) is 9.69 Å². The van der Waals surface area contributed by atoms with Crippen LogP contribution in [0.15, 0.2) is 0 Å². The largest absolute Gasteiger partial charge is 0.477 e. The van der Waals surface area contributed by atoms with Crippen molar-refractivity contribution in [3.05, 3.63) is 28.3 Å². The van der Waals surface area contributed by atoms with E-state index >= 15 is 0 Å². The second-order valence-electron chi connectivity index (χ2n) is 2.41. The molecule has 0 saturated heterocycles. The maximum atomic E-state index is 12.8. The minimum atomic E-state index is -6.36. The maximum Gasteiger partial charge on any atom is 0.431 e. The first-order chi connectivity index (χ1) is 7.46. The highest BCUT2D eigenvalue weighted by molar-refractivity contribution is 7.95. The van der Waals surface area contributed by atoms with Gasteiger partial charge in [0.2, 0.25) is 0 Å². The summed E-state index contributed by atoms with van der Waals surface area (Å²) in [6.45, 7) is 12.2. The Hall–Kier alpha value is -2.01. The monoisotopic (exact) mass is 273 g/mol. The lowest BCUT2D eigenvalue weighted by Crippen LogP contribution is -2.52. The molecule has 0 amide bonds. The molecule has 17 heavy (non-hydrogen) atoms. The third-order valence-electron chi connectivity index (χ3n) is 1.40. The Morgan fingerprint density at radius 1 is 1.18 bits per heavy atom. The number of sulfone groups is 1. The summed E-state index contributed by atoms with van der Waals surface area (Å²) in [6, 6.07) is 0. The Bertz CT molecular complexity index is 501. The molecule has 0 bridgehead atoms. The van der Waals surface area contributed by atoms with Crippen LogP contribution in [0, 0.1) is 18.6 Å². The zero-order valence-corrected chi connectivity index (χ0v) is 8.30. The predicted octanol–water partition coefficient (Wildman–Crippen LogP) is 0.999. The molecule has 6 nitrogen and oxygen atoms in total. The van der Waals surface area contributed by atoms with Gasteiger partial charge in [0.05, 0.1) is 0 Å². The van der Waals surface area contributed by atoms with E-state index in [0.717, 1.165) is 0 Å². The van der Waals surface area contributed by atoms with Crippen LogP contribution < -0.4 is 0 Å². The van der Waals surface area contributed by atoms with E-state index in [2.05, 4.69) is 0 Å². The quantitative estimate of drug-likeness (QED) is 0.612. The van der Waals surface area contributed by atoms with E-state index in [0.29, 0.717) is 0 Å². The van der Waals surface area contributed by atoms with Crippen molar-refractivity contribution in [1.29, 1.82) is 0 Å². The molecule has 0 radical (unpaired) electrons. The number of carbonyl (C=O) groups is 1. The molecule has 0 aromatic carbocycles. The van der Waals surface area contributed by atoms with Crippen LogP contribution in [-0.4, -0.2) is 30.7 Å². The smallest absolute Gasteiger partial charge is 0.431 e. The van der Waals surface area contributed by atoms with E-state index in [1.807, 2.05) is 9.69 Å². The van der Waals surface area contributed by atoms with Gasteiger partial charge in [0, 0.05) is 0 Å². The molecular formula is C6HF4N2O4S-. The number of halogens is 4. The van der Waals surface area contributed by atoms with Crippen molar-refractivity contribution in [2.45, 2.75) is 11.2 Å². The second-order valence-corrected chi connectivity index (χ2v) is 4.29. The fraction of sp³-hybridized carbons (Fsp3) is 0.333. The van der Waals surface area contributed by atoms with Gasteiger partial charge < -0.3 is 14.8 Å². The Kier molecular flexibility index (Phi) is 3.62. The Morgan fingerprint density at radius 3 is 1.76 bits per heavy atom. The van der Waals surface area contributed by atoms with Crippen molar-refractivity contribution in [3.63, 3.8) is 0 Å². The fourth-order valence-corrected chi connectivity index (χ4v) is 1.45. The lowest BCUT2D eigenvalue weighted by atomic mass is 10.3. The van der Waals surface area contributed by atoms with Gasteiger partial charge in [-0.3, -0.25) is 13.1 Å². The van der Waals surface area contributed by atoms with Crippen molar-refractivity contribution in [1.82, 2.24) is 0 Å². The van der Waals surface area contributed by atoms with Gasteiger partial charge in [0.15, 0.2) is 0 Å². The van der Waals surface area contributed by atoms with Gasteiger partial charge in [0.1, 0.15) is 0 Å². The topological polar surface area (TPSA) is 80.2 Å². The molecule has 0 aliphatic heterocycles. The summed E-state index contributed by atoms with van der Waals surface area (Å²) in [5, 5.41) is 1.72. The van der Waals surface area contributed by atoms with Gasteiger partial charge >= 0.3 is 22.6 Å². The zero-order chi connectivity index (χ0) is 14.1. The summed E-state index contributed by atoms with van der Waals surface area (Å²) >= 11 is 0. The van der Waals surface area contributed by atoms with Gasteiger partial charge in [-0.2, -0.15) is 17.6 Å². The lowest BCUT2D eigenvalue weighted by molar-refractivity contribution is -0.197. The number of hydrogen-bond donors (Lipinski definition) is 1. The molecule has 0 unspecified atom stereocenters. The summed E-state index contributed by atoms with van der Waals surface area (Å²) in [5.41, 5.74) is -2.23. The summed E-state index contributed by atoms with van der Waals surface area (Å²) in [4.78, 5) is 13.5. The molecule has 0 aliphatic carbocycles. The lowest BCUT2D eigenvalue weighted by Gasteiger charge is -2.23. The van der Waals surface area contributed by atoms with Crippen LogP contribution in [0.2, 0.25) is 0 Å². The average Bonchev–Trinajstić information content (AvgIpc) is 2.18. The number of hydrogen-bond acceptors (Lipinski definition) is 3. The van der Waals surface area contributed by atoms with Crippen LogP contribution in [0.3, 0.4) is 0 Å². The second kappa shape index (κ2) is 4.10. The first kappa shape index (κ1) is 15.0. The number of carboxylic acids is 1. The number of carboxylic acid groups (broad SMARTS) is 1. The molecule has 0 saturated carbocycles. The highest BCUT2D eigenvalue weighted by Gasteiger charge is 2.72. The van der Waals surface area contributed by atoms with Crippen LogP contribution >= 0.6 is 0 Å². The van der Waals surface area contributed by atoms with Crippen molar-refractivity contribution >= 4 is 15.8 Å². The van der Waals surface area contributed by atoms with Crippen molar-refractivity contribution in [3.8, 4) is 0 Å². The van der Waals surface area contributed by atoms with Crippen LogP contribution in [0.4, 0.5) is 17.6 Å². The van der Waals surface area contributed by atoms with Crippen molar-refractivity contribution < 1.29 is 35.9 Å². The third kappa shape index (κ3) is 1.97. The van der Waals surface area contributed by atoms with Crippen molar-refractivity contribution in [2.75, 3.05) is 0 Å². The minimum Gasteiger partial charge on any atom is -0.477 e. The van der Waals surface area contributed by atoms with Gasteiger partial charge in [-0.1, -0.05) is 0 Å². The molecule has 94 valence electrons. The van der Waals surface area contributed by atoms with Crippen molar-refractivity contribution in [2.24, 2.45) is 0 Å². The fourth-order valence-electron chi connectivity index (χ4n) is 0.553. The van der Waals surface area contributed by atoms with Gasteiger partial charge in [-0.15, -0.1) is 0 Å². The highest BCUT2D eigenvalue weighted by atomic mass is 32.2. The van der Waals surface area contributed by atoms with E-state index in [-0.39, 0.29) is 0 Å². The summed E-state index contributed by atoms with van der Waals surface area (Å²) in [7, 11) is -6.36. The zero-order valence-electron chi connectivity index (χ0n) is 7.49. The van der Waals surface area contributed by atoms with Crippen LogP contribution in [-0.2, 0) is 14.6 Å². The number of alkyl halides is 4. The number of rotatable bonds is 4. The molecule has 0 aromatic heterocycles. The Labute approximate surface area is 92.0 Å². The maximum absolute atomic E-state index is 12.8. The Morgan fingerprint density at radius 2 is 1.53 bits per heavy atom. The number of nitrogens with zero attached hydrogens (tertiary/aromatic N) is 2. The first-order valence-electron chi connectivity index (χ1n) is 3.32. The van der Waals surface area contributed by atoms with E-state index in [4.69, 9.17) is 18.3 Å². The standard InChI is InChI=1S/C6HF4N2O4S/c1-11-4(12-2)17(15,16)6(9,10)5(7,8)3(13)14/h(H,13,14)/q-1. The number of aliphatic carboxylic acids is 1. The molecular weight excluding hydrogens is 272 g/mol. The Balaban J connectivity index is 5.91. The normalized spacial score (nSPS) is 12.4. The van der Waals surface area contributed by atoms with Crippen LogP contribution in [0.1, 0.15) is 0 Å². The molecule has 0 rings (SSSR count). The predicted molar refractivity (Wildman–Crippen MR) is 42.9 cm³/mol. The average molecular weight is 273 g/mol. The molecule has 11 heteroatoms. The molecule has 0 aliphatic rings. The molecule has 0 spiro atoms. The SMILES string of the molecule is [C-]#[N+][C-]([N+]#[C-])S(=O)(=O)C(F)(F)C(F)(F)C(=O)O. The van der Waals surface area contributed by atoms with Crippen LogP contribution in [0.5, 0.6) is 0 Å². The minimum absolute atomic E-state index is 1.84. The summed E-state index contributed by atoms with van der Waals surface area (Å²) in [6.07, 6.45) is 0. The van der Waals surface area contributed by atoms with E-state index in [1.54, 1.807) is 0 Å². The molecule has 0 atom stereocenters. The molecule has 0 aromatic rings.